The summed E-state index contributed by atoms with van der Waals surface area (Å²) in [5.74, 6) is 0.153. The summed E-state index contributed by atoms with van der Waals surface area (Å²) in [5.41, 5.74) is 2.21. The Kier molecular flexibility index (Phi) is 6.60. The number of aromatic amines is 1. The lowest BCUT2D eigenvalue weighted by Gasteiger charge is -2.33. The van der Waals surface area contributed by atoms with Crippen molar-refractivity contribution in [1.82, 2.24) is 24.1 Å². The number of benzene rings is 1. The molecule has 0 amide bonds. The summed E-state index contributed by atoms with van der Waals surface area (Å²) in [4.78, 5) is 15.6. The van der Waals surface area contributed by atoms with Gasteiger partial charge in [0.1, 0.15) is 0 Å². The van der Waals surface area contributed by atoms with Gasteiger partial charge in [-0.15, -0.1) is 0 Å². The molecule has 0 saturated carbocycles. The molecule has 5 heterocycles. The molecule has 2 saturated heterocycles. The van der Waals surface area contributed by atoms with E-state index in [4.69, 9.17) is 9.47 Å². The number of nitrogens with one attached hydrogen (secondary N) is 1. The average molecular weight is 542 g/mol. The first-order chi connectivity index (χ1) is 18.7. The van der Waals surface area contributed by atoms with E-state index in [0.717, 1.165) is 27.3 Å². The topological polar surface area (TPSA) is 76.8 Å². The van der Waals surface area contributed by atoms with Gasteiger partial charge in [-0.1, -0.05) is 12.1 Å². The molecule has 4 aromatic rings. The highest BCUT2D eigenvalue weighted by atomic mass is 19.4. The Morgan fingerprint density at radius 3 is 2.69 bits per heavy atom. The normalized spacial score (nSPS) is 19.9. The van der Waals surface area contributed by atoms with Crippen LogP contribution in [0, 0.1) is 12.8 Å². The Bertz CT molecular complexity index is 1550. The molecule has 206 valence electrons. The standard InChI is InChI=1S/C28H30F3N5O3/c1-17-10-32-33-26(17)25(21-15-38-16-21)20-4-3-5-22(9-20)35-14-24-23(28(29,30)31)8-19(13-36(24)27(35)37)12-34-6-7-39-18(2)11-34/h3-5,8-10,13-14,18,21,25H,6-7,11-12,15-16H2,1-2H3,(H,32,33)/t18-,25-/m1/s1. The number of hydrogen-bond acceptors (Lipinski definition) is 5. The molecule has 1 N–H and O–H groups in total. The van der Waals surface area contributed by atoms with Gasteiger partial charge in [0.25, 0.3) is 0 Å². The quantitative estimate of drug-likeness (QED) is 0.397. The molecule has 1 aromatic carbocycles. The van der Waals surface area contributed by atoms with E-state index in [1.165, 1.54) is 17.0 Å². The van der Waals surface area contributed by atoms with Crippen LogP contribution in [0.5, 0.6) is 0 Å². The summed E-state index contributed by atoms with van der Waals surface area (Å²) in [7, 11) is 0. The van der Waals surface area contributed by atoms with Crippen LogP contribution in [0.2, 0.25) is 0 Å². The summed E-state index contributed by atoms with van der Waals surface area (Å²) in [6.07, 6.45) is 0.0274. The molecule has 0 unspecified atom stereocenters. The fourth-order valence-corrected chi connectivity index (χ4v) is 5.68. The third-order valence-electron chi connectivity index (χ3n) is 7.67. The van der Waals surface area contributed by atoms with E-state index in [9.17, 15) is 18.0 Å². The zero-order chi connectivity index (χ0) is 27.3. The van der Waals surface area contributed by atoms with E-state index in [-0.39, 0.29) is 23.5 Å². The zero-order valence-corrected chi connectivity index (χ0v) is 21.7. The summed E-state index contributed by atoms with van der Waals surface area (Å²) in [6, 6.07) is 8.54. The molecule has 2 aliphatic rings. The van der Waals surface area contributed by atoms with Crippen LogP contribution >= 0.6 is 0 Å². The van der Waals surface area contributed by atoms with Gasteiger partial charge >= 0.3 is 11.9 Å². The summed E-state index contributed by atoms with van der Waals surface area (Å²) in [5, 5.41) is 7.38. The van der Waals surface area contributed by atoms with Gasteiger partial charge in [0.15, 0.2) is 0 Å². The Morgan fingerprint density at radius 2 is 2.03 bits per heavy atom. The molecule has 6 rings (SSSR count). The van der Waals surface area contributed by atoms with Gasteiger partial charge in [0, 0.05) is 50.1 Å². The number of alkyl halides is 3. The van der Waals surface area contributed by atoms with E-state index in [1.807, 2.05) is 43.1 Å². The second-order valence-electron chi connectivity index (χ2n) is 10.5. The molecule has 2 fully saturated rings. The van der Waals surface area contributed by atoms with Gasteiger partial charge in [-0.05, 0) is 48.7 Å². The number of fused-ring (bicyclic) bond motifs is 1. The summed E-state index contributed by atoms with van der Waals surface area (Å²) < 4.78 is 56.0. The fraction of sp³-hybridized carbons (Fsp3) is 0.429. The predicted molar refractivity (Wildman–Crippen MR) is 138 cm³/mol. The number of hydrogen-bond donors (Lipinski definition) is 1. The number of morpholine rings is 1. The van der Waals surface area contributed by atoms with Crippen LogP contribution in [0.4, 0.5) is 13.2 Å². The maximum absolute atomic E-state index is 14.2. The van der Waals surface area contributed by atoms with Crippen molar-refractivity contribution in [2.24, 2.45) is 5.92 Å². The number of imidazole rings is 1. The van der Waals surface area contributed by atoms with Crippen molar-refractivity contribution in [3.63, 3.8) is 0 Å². The summed E-state index contributed by atoms with van der Waals surface area (Å²) in [6.45, 7) is 7.16. The van der Waals surface area contributed by atoms with Crippen LogP contribution in [0.15, 0.2) is 53.7 Å². The number of nitrogens with zero attached hydrogens (tertiary/aromatic N) is 4. The smallest absolute Gasteiger partial charge is 0.381 e. The number of pyridine rings is 1. The Morgan fingerprint density at radius 1 is 1.21 bits per heavy atom. The zero-order valence-electron chi connectivity index (χ0n) is 21.7. The number of rotatable bonds is 6. The lowest BCUT2D eigenvalue weighted by molar-refractivity contribution is -0.136. The van der Waals surface area contributed by atoms with Gasteiger partial charge in [0.05, 0.1) is 48.4 Å². The molecule has 11 heteroatoms. The Hall–Kier alpha value is -3.41. The van der Waals surface area contributed by atoms with Gasteiger partial charge < -0.3 is 9.47 Å². The Balaban J connectivity index is 1.42. The number of aryl methyl sites for hydroxylation is 1. The van der Waals surface area contributed by atoms with Crippen molar-refractivity contribution in [2.45, 2.75) is 38.6 Å². The van der Waals surface area contributed by atoms with E-state index in [0.29, 0.717) is 50.7 Å². The Labute approximate surface area is 223 Å². The van der Waals surface area contributed by atoms with Crippen LogP contribution < -0.4 is 5.69 Å². The van der Waals surface area contributed by atoms with Gasteiger partial charge in [-0.25, -0.2) is 4.79 Å². The van der Waals surface area contributed by atoms with Crippen LogP contribution in [0.1, 0.15) is 40.8 Å². The second-order valence-corrected chi connectivity index (χ2v) is 10.5. The van der Waals surface area contributed by atoms with E-state index in [2.05, 4.69) is 10.2 Å². The maximum atomic E-state index is 14.2. The highest BCUT2D eigenvalue weighted by Gasteiger charge is 2.36. The lowest BCUT2D eigenvalue weighted by Crippen LogP contribution is -2.40. The first-order valence-corrected chi connectivity index (χ1v) is 13.0. The maximum Gasteiger partial charge on any atom is 0.418 e. The largest absolute Gasteiger partial charge is 0.418 e. The molecule has 0 spiro atoms. The van der Waals surface area contributed by atoms with Crippen molar-refractivity contribution in [1.29, 1.82) is 0 Å². The van der Waals surface area contributed by atoms with Crippen LogP contribution in [0.3, 0.4) is 0 Å². The highest BCUT2D eigenvalue weighted by Crippen LogP contribution is 2.38. The van der Waals surface area contributed by atoms with Crippen molar-refractivity contribution in [2.75, 3.05) is 32.9 Å². The number of aromatic nitrogens is 4. The molecule has 39 heavy (non-hydrogen) atoms. The molecular formula is C28H30F3N5O3. The van der Waals surface area contributed by atoms with Crippen LogP contribution in [-0.4, -0.2) is 63.1 Å². The van der Waals surface area contributed by atoms with Crippen LogP contribution in [0.25, 0.3) is 11.2 Å². The molecule has 8 nitrogen and oxygen atoms in total. The molecule has 3 aromatic heterocycles. The molecule has 0 radical (unpaired) electrons. The number of halogens is 3. The minimum absolute atomic E-state index is 0.00114. The first-order valence-electron chi connectivity index (χ1n) is 13.0. The number of ether oxygens (including phenoxy) is 2. The molecule has 0 aliphatic carbocycles. The van der Waals surface area contributed by atoms with Crippen molar-refractivity contribution in [3.8, 4) is 5.69 Å². The highest BCUT2D eigenvalue weighted by molar-refractivity contribution is 5.58. The van der Waals surface area contributed by atoms with Crippen molar-refractivity contribution >= 4 is 5.52 Å². The van der Waals surface area contributed by atoms with E-state index < -0.39 is 17.4 Å². The van der Waals surface area contributed by atoms with Gasteiger partial charge in [0.2, 0.25) is 0 Å². The van der Waals surface area contributed by atoms with E-state index in [1.54, 1.807) is 6.07 Å². The van der Waals surface area contributed by atoms with Crippen molar-refractivity contribution < 1.29 is 22.6 Å². The summed E-state index contributed by atoms with van der Waals surface area (Å²) >= 11 is 0. The first kappa shape index (κ1) is 25.8. The number of H-pyrrole nitrogens is 1. The second kappa shape index (κ2) is 9.96. The third kappa shape index (κ3) is 4.90. The minimum atomic E-state index is -4.62. The van der Waals surface area contributed by atoms with Crippen molar-refractivity contribution in [3.05, 3.63) is 87.4 Å². The molecule has 2 atom stereocenters. The average Bonchev–Trinajstić information content (AvgIpc) is 3.43. The molecule has 0 bridgehead atoms. The molecule has 2 aliphatic heterocycles. The third-order valence-corrected chi connectivity index (χ3v) is 7.67. The predicted octanol–water partition coefficient (Wildman–Crippen LogP) is 4.14. The SMILES string of the molecule is Cc1c[nH]nc1[C@H](c1cccc(-n2cc3c(C(F)(F)F)cc(CN4CCO[C@H](C)C4)cn3c2=O)c1)C1COC1. The fourth-order valence-electron chi connectivity index (χ4n) is 5.68. The minimum Gasteiger partial charge on any atom is -0.381 e. The monoisotopic (exact) mass is 541 g/mol. The van der Waals surface area contributed by atoms with Gasteiger partial charge in [-0.3, -0.25) is 19.0 Å². The molecular weight excluding hydrogens is 511 g/mol. The van der Waals surface area contributed by atoms with Gasteiger partial charge in [-0.2, -0.15) is 18.3 Å². The van der Waals surface area contributed by atoms with E-state index >= 15 is 0 Å². The van der Waals surface area contributed by atoms with Crippen LogP contribution in [-0.2, 0) is 22.2 Å². The lowest BCUT2D eigenvalue weighted by atomic mass is 9.81.